The number of fused-ring (bicyclic) bond motifs is 1. The summed E-state index contributed by atoms with van der Waals surface area (Å²) in [6.45, 7) is 0.142. The molecule has 0 bridgehead atoms. The number of nitrogens with two attached hydrogens (primary N) is 1. The molecule has 1 aliphatic rings. The SMILES string of the molecule is COc1cc(C(=O)C(Cl)=Cc2cc3c(cc2OC)OCO3)ccc1N. The van der Waals surface area contributed by atoms with Crippen LogP contribution in [-0.4, -0.2) is 26.8 Å². The van der Waals surface area contributed by atoms with Crippen LogP contribution in [-0.2, 0) is 0 Å². The van der Waals surface area contributed by atoms with Crippen LogP contribution in [0.15, 0.2) is 35.4 Å². The molecule has 130 valence electrons. The molecule has 7 heteroatoms. The van der Waals surface area contributed by atoms with E-state index in [0.29, 0.717) is 39.8 Å². The minimum absolute atomic E-state index is 0.0176. The summed E-state index contributed by atoms with van der Waals surface area (Å²) in [4.78, 5) is 12.6. The maximum Gasteiger partial charge on any atom is 0.231 e. The zero-order valence-corrected chi connectivity index (χ0v) is 14.4. The van der Waals surface area contributed by atoms with Crippen molar-refractivity contribution >= 4 is 29.1 Å². The standard InChI is InChI=1S/C18H16ClNO5/c1-22-14-8-17-16(24-9-25-17)7-11(14)5-12(19)18(21)10-3-4-13(20)15(6-10)23-2/h3-8H,9,20H2,1-2H3. The maximum atomic E-state index is 12.6. The summed E-state index contributed by atoms with van der Waals surface area (Å²) >= 11 is 6.23. The number of carbonyl (C=O) groups is 1. The molecule has 2 aromatic carbocycles. The number of halogens is 1. The topological polar surface area (TPSA) is 80.0 Å². The van der Waals surface area contributed by atoms with E-state index < -0.39 is 0 Å². The largest absolute Gasteiger partial charge is 0.496 e. The zero-order valence-electron chi connectivity index (χ0n) is 13.7. The molecule has 0 radical (unpaired) electrons. The number of hydrogen-bond donors (Lipinski definition) is 1. The zero-order chi connectivity index (χ0) is 18.0. The molecule has 0 saturated heterocycles. The van der Waals surface area contributed by atoms with E-state index in [2.05, 4.69) is 0 Å². The number of anilines is 1. The van der Waals surface area contributed by atoms with E-state index in [4.69, 9.17) is 36.3 Å². The quantitative estimate of drug-likeness (QED) is 0.499. The number of benzene rings is 2. The van der Waals surface area contributed by atoms with Gasteiger partial charge in [-0.3, -0.25) is 4.79 Å². The van der Waals surface area contributed by atoms with Crippen molar-refractivity contribution in [2.45, 2.75) is 0 Å². The van der Waals surface area contributed by atoms with Gasteiger partial charge in [0, 0.05) is 17.2 Å². The van der Waals surface area contributed by atoms with Crippen LogP contribution in [0.3, 0.4) is 0 Å². The highest BCUT2D eigenvalue weighted by Crippen LogP contribution is 2.39. The third kappa shape index (κ3) is 3.34. The lowest BCUT2D eigenvalue weighted by molar-refractivity contribution is 0.104. The predicted molar refractivity (Wildman–Crippen MR) is 94.7 cm³/mol. The van der Waals surface area contributed by atoms with Gasteiger partial charge in [0.15, 0.2) is 11.5 Å². The molecule has 0 spiro atoms. The number of nitrogen functional groups attached to an aromatic ring is 1. The van der Waals surface area contributed by atoms with Crippen molar-refractivity contribution in [2.24, 2.45) is 0 Å². The van der Waals surface area contributed by atoms with Crippen LogP contribution < -0.4 is 24.7 Å². The Hall–Kier alpha value is -2.86. The predicted octanol–water partition coefficient (Wildman–Crippen LogP) is 3.48. The Balaban J connectivity index is 1.95. The van der Waals surface area contributed by atoms with Crippen molar-refractivity contribution in [1.82, 2.24) is 0 Å². The lowest BCUT2D eigenvalue weighted by Gasteiger charge is -2.08. The first-order valence-corrected chi connectivity index (χ1v) is 7.74. The summed E-state index contributed by atoms with van der Waals surface area (Å²) in [5.41, 5.74) is 7.18. The fraction of sp³-hybridized carbons (Fsp3) is 0.167. The number of ether oxygens (including phenoxy) is 4. The summed E-state index contributed by atoms with van der Waals surface area (Å²) in [5.74, 6) is 1.72. The van der Waals surface area contributed by atoms with E-state index >= 15 is 0 Å². The average Bonchev–Trinajstić information content (AvgIpc) is 3.08. The Morgan fingerprint density at radius 2 is 1.80 bits per heavy atom. The van der Waals surface area contributed by atoms with Crippen molar-refractivity contribution in [3.63, 3.8) is 0 Å². The van der Waals surface area contributed by atoms with Gasteiger partial charge in [-0.15, -0.1) is 0 Å². The first-order chi connectivity index (χ1) is 12.0. The average molecular weight is 362 g/mol. The number of ketones is 1. The van der Waals surface area contributed by atoms with E-state index in [-0.39, 0.29) is 17.6 Å². The van der Waals surface area contributed by atoms with Gasteiger partial charge in [0.25, 0.3) is 0 Å². The number of allylic oxidation sites excluding steroid dienone is 1. The Bertz CT molecular complexity index is 863. The van der Waals surface area contributed by atoms with Crippen LogP contribution in [0.4, 0.5) is 5.69 Å². The molecule has 0 aromatic heterocycles. The Kier molecular flexibility index (Phi) is 4.72. The second-order valence-electron chi connectivity index (χ2n) is 5.23. The fourth-order valence-electron chi connectivity index (χ4n) is 2.42. The van der Waals surface area contributed by atoms with Gasteiger partial charge in [-0.25, -0.2) is 0 Å². The fourth-order valence-corrected chi connectivity index (χ4v) is 2.65. The van der Waals surface area contributed by atoms with E-state index in [1.54, 1.807) is 30.3 Å². The van der Waals surface area contributed by atoms with Gasteiger partial charge in [-0.1, -0.05) is 11.6 Å². The molecule has 0 fully saturated rings. The van der Waals surface area contributed by atoms with Gasteiger partial charge in [0.1, 0.15) is 11.5 Å². The second-order valence-corrected chi connectivity index (χ2v) is 5.63. The summed E-state index contributed by atoms with van der Waals surface area (Å²) in [5, 5.41) is 0.0176. The lowest BCUT2D eigenvalue weighted by atomic mass is 10.1. The maximum absolute atomic E-state index is 12.6. The summed E-state index contributed by atoms with van der Waals surface area (Å²) < 4.78 is 21.1. The van der Waals surface area contributed by atoms with E-state index in [1.807, 2.05) is 0 Å². The molecule has 0 saturated carbocycles. The van der Waals surface area contributed by atoms with Gasteiger partial charge in [0.05, 0.1) is 24.9 Å². The number of rotatable bonds is 5. The first-order valence-electron chi connectivity index (χ1n) is 7.36. The first kappa shape index (κ1) is 17.0. The molecule has 1 aliphatic heterocycles. The van der Waals surface area contributed by atoms with Crippen molar-refractivity contribution < 1.29 is 23.7 Å². The van der Waals surface area contributed by atoms with Crippen molar-refractivity contribution in [3.8, 4) is 23.0 Å². The number of hydrogen-bond acceptors (Lipinski definition) is 6. The van der Waals surface area contributed by atoms with Crippen molar-refractivity contribution in [3.05, 3.63) is 46.5 Å². The Labute approximate surface area is 149 Å². The minimum Gasteiger partial charge on any atom is -0.496 e. The van der Waals surface area contributed by atoms with Gasteiger partial charge in [0.2, 0.25) is 12.6 Å². The molecular formula is C18H16ClNO5. The smallest absolute Gasteiger partial charge is 0.231 e. The van der Waals surface area contributed by atoms with Crippen molar-refractivity contribution in [2.75, 3.05) is 26.7 Å². The summed E-state index contributed by atoms with van der Waals surface area (Å²) in [6, 6.07) is 8.13. The van der Waals surface area contributed by atoms with Crippen LogP contribution in [0.1, 0.15) is 15.9 Å². The monoisotopic (exact) mass is 361 g/mol. The summed E-state index contributed by atoms with van der Waals surface area (Å²) in [6.07, 6.45) is 1.52. The Morgan fingerprint density at radius 1 is 1.12 bits per heavy atom. The number of carbonyl (C=O) groups excluding carboxylic acids is 1. The third-order valence-corrected chi connectivity index (χ3v) is 4.00. The summed E-state index contributed by atoms with van der Waals surface area (Å²) in [7, 11) is 3.00. The molecule has 0 amide bonds. The number of Topliss-reactive ketones (excluding diaryl/α,β-unsaturated/α-hetero) is 1. The van der Waals surface area contributed by atoms with E-state index in [1.165, 1.54) is 20.3 Å². The molecule has 0 aliphatic carbocycles. The van der Waals surface area contributed by atoms with Gasteiger partial charge in [-0.2, -0.15) is 0 Å². The molecule has 2 aromatic rings. The van der Waals surface area contributed by atoms with Gasteiger partial charge in [-0.05, 0) is 30.3 Å². The van der Waals surface area contributed by atoms with Gasteiger partial charge < -0.3 is 24.7 Å². The molecule has 3 rings (SSSR count). The molecule has 2 N–H and O–H groups in total. The third-order valence-electron chi connectivity index (χ3n) is 3.72. The number of methoxy groups -OCH3 is 2. The second kappa shape index (κ2) is 6.94. The molecule has 6 nitrogen and oxygen atoms in total. The lowest BCUT2D eigenvalue weighted by Crippen LogP contribution is -2.01. The van der Waals surface area contributed by atoms with Crippen molar-refractivity contribution in [1.29, 1.82) is 0 Å². The highest BCUT2D eigenvalue weighted by molar-refractivity contribution is 6.47. The van der Waals surface area contributed by atoms with E-state index in [0.717, 1.165) is 0 Å². The molecule has 25 heavy (non-hydrogen) atoms. The van der Waals surface area contributed by atoms with Crippen LogP contribution in [0.2, 0.25) is 0 Å². The van der Waals surface area contributed by atoms with Crippen LogP contribution >= 0.6 is 11.6 Å². The highest BCUT2D eigenvalue weighted by atomic mass is 35.5. The normalized spacial score (nSPS) is 12.8. The minimum atomic E-state index is -0.361. The molecule has 0 unspecified atom stereocenters. The molecular weight excluding hydrogens is 346 g/mol. The highest BCUT2D eigenvalue weighted by Gasteiger charge is 2.19. The van der Waals surface area contributed by atoms with Crippen LogP contribution in [0.5, 0.6) is 23.0 Å². The Morgan fingerprint density at radius 3 is 2.48 bits per heavy atom. The molecule has 1 heterocycles. The van der Waals surface area contributed by atoms with Crippen LogP contribution in [0.25, 0.3) is 6.08 Å². The van der Waals surface area contributed by atoms with Gasteiger partial charge >= 0.3 is 0 Å². The van der Waals surface area contributed by atoms with Crippen LogP contribution in [0, 0.1) is 0 Å². The van der Waals surface area contributed by atoms with E-state index in [9.17, 15) is 4.79 Å². The molecule has 0 atom stereocenters.